The number of likely N-dealkylation sites (N-methyl/N-ethyl adjacent to an activating group) is 1. The molecule has 0 spiro atoms. The van der Waals surface area contributed by atoms with E-state index in [1.165, 1.54) is 0 Å². The molecule has 130 valence electrons. The highest BCUT2D eigenvalue weighted by Crippen LogP contribution is 2.34. The monoisotopic (exact) mass is 348 g/mol. The molecule has 3 rings (SSSR count). The van der Waals surface area contributed by atoms with Crippen LogP contribution >= 0.6 is 11.6 Å². The first-order chi connectivity index (χ1) is 11.5. The second-order valence-electron chi connectivity index (χ2n) is 6.52. The molecule has 5 heteroatoms. The van der Waals surface area contributed by atoms with Crippen molar-refractivity contribution in [2.24, 2.45) is 0 Å². The average Bonchev–Trinajstić information content (AvgIpc) is 2.87. The molecule has 0 fully saturated rings. The fourth-order valence-corrected chi connectivity index (χ4v) is 3.92. The Kier molecular flexibility index (Phi) is 5.28. The zero-order valence-corrected chi connectivity index (χ0v) is 15.1. The number of halogens is 1. The lowest BCUT2D eigenvalue weighted by atomic mass is 9.94. The number of benzene rings is 1. The number of aliphatic hydroxyl groups is 1. The minimum absolute atomic E-state index is 0.179. The van der Waals surface area contributed by atoms with Gasteiger partial charge in [-0.25, -0.2) is 0 Å². The second-order valence-corrected chi connectivity index (χ2v) is 6.95. The van der Waals surface area contributed by atoms with Crippen molar-refractivity contribution in [3.8, 4) is 0 Å². The van der Waals surface area contributed by atoms with Gasteiger partial charge in [0.2, 0.25) is 0 Å². The van der Waals surface area contributed by atoms with Gasteiger partial charge in [-0.15, -0.1) is 0 Å². The van der Waals surface area contributed by atoms with Crippen LogP contribution in [0.1, 0.15) is 42.7 Å². The van der Waals surface area contributed by atoms with Crippen LogP contribution in [0.3, 0.4) is 0 Å². The Bertz CT molecular complexity index is 749. The van der Waals surface area contributed by atoms with Gasteiger partial charge in [-0.2, -0.15) is 0 Å². The van der Waals surface area contributed by atoms with Crippen LogP contribution in [0, 0.1) is 0 Å². The van der Waals surface area contributed by atoms with E-state index >= 15 is 0 Å². The number of carbonyl (C=O) groups excluding carboxylic acids is 1. The quantitative estimate of drug-likeness (QED) is 0.868. The van der Waals surface area contributed by atoms with Crippen molar-refractivity contribution < 1.29 is 9.90 Å². The minimum Gasteiger partial charge on any atom is -0.390 e. The van der Waals surface area contributed by atoms with E-state index in [2.05, 4.69) is 18.7 Å². The van der Waals surface area contributed by atoms with Crippen LogP contribution in [0.15, 0.2) is 18.2 Å². The molecule has 1 aromatic heterocycles. The molecule has 24 heavy (non-hydrogen) atoms. The van der Waals surface area contributed by atoms with Crippen molar-refractivity contribution >= 4 is 28.3 Å². The van der Waals surface area contributed by atoms with E-state index in [0.29, 0.717) is 24.5 Å². The van der Waals surface area contributed by atoms with Gasteiger partial charge < -0.3 is 14.6 Å². The Balaban J connectivity index is 2.00. The van der Waals surface area contributed by atoms with Gasteiger partial charge in [0.15, 0.2) is 5.78 Å². The van der Waals surface area contributed by atoms with Gasteiger partial charge >= 0.3 is 0 Å². The summed E-state index contributed by atoms with van der Waals surface area (Å²) in [5.74, 6) is 0.179. The largest absolute Gasteiger partial charge is 0.390 e. The lowest BCUT2D eigenvalue weighted by molar-refractivity contribution is 0.0930. The molecule has 0 saturated heterocycles. The fraction of sp³-hybridized carbons (Fsp3) is 0.526. The molecule has 1 atom stereocenters. The van der Waals surface area contributed by atoms with Gasteiger partial charge in [-0.3, -0.25) is 4.79 Å². The number of aromatic nitrogens is 1. The number of ketones is 1. The zero-order valence-electron chi connectivity index (χ0n) is 14.4. The Morgan fingerprint density at radius 3 is 2.75 bits per heavy atom. The van der Waals surface area contributed by atoms with Gasteiger partial charge in [-0.05, 0) is 49.7 Å². The van der Waals surface area contributed by atoms with Gasteiger partial charge in [0.05, 0.1) is 18.3 Å². The normalized spacial score (nSPS) is 16.0. The van der Waals surface area contributed by atoms with Crippen molar-refractivity contribution in [1.82, 2.24) is 9.47 Å². The number of rotatable bonds is 6. The predicted octanol–water partition coefficient (Wildman–Crippen LogP) is 3.52. The third kappa shape index (κ3) is 3.23. The number of hydrogen-bond donors (Lipinski definition) is 1. The van der Waals surface area contributed by atoms with Gasteiger partial charge in [0, 0.05) is 28.9 Å². The van der Waals surface area contributed by atoms with Crippen LogP contribution in [0.4, 0.5) is 0 Å². The van der Waals surface area contributed by atoms with E-state index in [1.54, 1.807) is 0 Å². The number of aliphatic hydroxyl groups excluding tert-OH is 1. The smallest absolute Gasteiger partial charge is 0.179 e. The molecule has 1 aromatic carbocycles. The standard InChI is InChI=1S/C19H25ClN2O2/c1-3-21(4-2)11-14(23)12-22-17-9-8-13(20)10-16(17)15-6-5-7-18(24)19(15)22/h8-10,14,23H,3-7,11-12H2,1-2H3. The Labute approximate surface area is 148 Å². The summed E-state index contributed by atoms with van der Waals surface area (Å²) in [6, 6.07) is 5.77. The number of Topliss-reactive ketones (excluding diaryl/α,β-unsaturated/α-hetero) is 1. The minimum atomic E-state index is -0.505. The van der Waals surface area contributed by atoms with E-state index in [1.807, 2.05) is 22.8 Å². The van der Waals surface area contributed by atoms with Crippen LogP contribution in [0.5, 0.6) is 0 Å². The number of carbonyl (C=O) groups is 1. The summed E-state index contributed by atoms with van der Waals surface area (Å²) in [5, 5.41) is 12.3. The first-order valence-corrected chi connectivity index (χ1v) is 9.17. The molecular formula is C19H25ClN2O2. The maximum absolute atomic E-state index is 12.5. The second kappa shape index (κ2) is 7.26. The molecule has 1 unspecified atom stereocenters. The third-order valence-electron chi connectivity index (χ3n) is 4.98. The van der Waals surface area contributed by atoms with Crippen LogP contribution in [0.2, 0.25) is 5.02 Å². The Morgan fingerprint density at radius 2 is 2.04 bits per heavy atom. The van der Waals surface area contributed by atoms with Crippen molar-refractivity contribution in [3.05, 3.63) is 34.5 Å². The Morgan fingerprint density at radius 1 is 1.29 bits per heavy atom. The fourth-order valence-electron chi connectivity index (χ4n) is 3.75. The molecule has 1 heterocycles. The molecule has 0 bridgehead atoms. The number of nitrogens with zero attached hydrogens (tertiary/aromatic N) is 2. The van der Waals surface area contributed by atoms with Crippen LogP contribution in [-0.4, -0.2) is 46.1 Å². The molecule has 1 aliphatic rings. The lowest BCUT2D eigenvalue weighted by Gasteiger charge is -2.23. The molecule has 0 aliphatic heterocycles. The molecule has 2 aromatic rings. The molecular weight excluding hydrogens is 324 g/mol. The highest BCUT2D eigenvalue weighted by molar-refractivity contribution is 6.31. The van der Waals surface area contributed by atoms with E-state index in [9.17, 15) is 9.90 Å². The van der Waals surface area contributed by atoms with Crippen LogP contribution in [0.25, 0.3) is 10.9 Å². The van der Waals surface area contributed by atoms with E-state index in [0.717, 1.165) is 48.1 Å². The maximum Gasteiger partial charge on any atom is 0.179 e. The first kappa shape index (κ1) is 17.5. The molecule has 0 amide bonds. The summed E-state index contributed by atoms with van der Waals surface area (Å²) in [6.07, 6.45) is 1.87. The SMILES string of the molecule is CCN(CC)CC(O)Cn1c2c(c3cc(Cl)ccc31)CCCC2=O. The van der Waals surface area contributed by atoms with Crippen molar-refractivity contribution in [2.75, 3.05) is 19.6 Å². The maximum atomic E-state index is 12.5. The summed E-state index contributed by atoms with van der Waals surface area (Å²) < 4.78 is 2.01. The van der Waals surface area contributed by atoms with Gasteiger partial charge in [0.25, 0.3) is 0 Å². The van der Waals surface area contributed by atoms with Crippen LogP contribution in [-0.2, 0) is 13.0 Å². The number of hydrogen-bond acceptors (Lipinski definition) is 3. The summed E-state index contributed by atoms with van der Waals surface area (Å²) >= 11 is 6.17. The molecule has 1 aliphatic carbocycles. The van der Waals surface area contributed by atoms with Gasteiger partial charge in [-0.1, -0.05) is 25.4 Å². The zero-order chi connectivity index (χ0) is 17.3. The molecule has 4 nitrogen and oxygen atoms in total. The number of fused-ring (bicyclic) bond motifs is 3. The summed E-state index contributed by atoms with van der Waals surface area (Å²) in [7, 11) is 0. The predicted molar refractivity (Wildman–Crippen MR) is 98.0 cm³/mol. The molecule has 1 N–H and O–H groups in total. The Hall–Kier alpha value is -1.36. The average molecular weight is 349 g/mol. The van der Waals surface area contributed by atoms with Crippen molar-refractivity contribution in [3.63, 3.8) is 0 Å². The number of aryl methyl sites for hydroxylation is 1. The van der Waals surface area contributed by atoms with Crippen molar-refractivity contribution in [2.45, 2.75) is 45.8 Å². The summed E-state index contributed by atoms with van der Waals surface area (Å²) in [4.78, 5) is 14.7. The summed E-state index contributed by atoms with van der Waals surface area (Å²) in [5.41, 5.74) is 2.87. The van der Waals surface area contributed by atoms with E-state index in [-0.39, 0.29) is 5.78 Å². The van der Waals surface area contributed by atoms with E-state index < -0.39 is 6.10 Å². The summed E-state index contributed by atoms with van der Waals surface area (Å²) in [6.45, 7) is 7.06. The highest BCUT2D eigenvalue weighted by Gasteiger charge is 2.27. The molecule has 0 radical (unpaired) electrons. The van der Waals surface area contributed by atoms with E-state index in [4.69, 9.17) is 11.6 Å². The topological polar surface area (TPSA) is 45.5 Å². The first-order valence-electron chi connectivity index (χ1n) is 8.79. The highest BCUT2D eigenvalue weighted by atomic mass is 35.5. The van der Waals surface area contributed by atoms with Gasteiger partial charge in [0.1, 0.15) is 0 Å². The van der Waals surface area contributed by atoms with Crippen molar-refractivity contribution in [1.29, 1.82) is 0 Å². The van der Waals surface area contributed by atoms with Crippen LogP contribution < -0.4 is 0 Å². The lowest BCUT2D eigenvalue weighted by Crippen LogP contribution is -2.35. The third-order valence-corrected chi connectivity index (χ3v) is 5.22. The molecule has 0 saturated carbocycles.